The maximum absolute atomic E-state index is 15.0. The van der Waals surface area contributed by atoms with E-state index in [4.69, 9.17) is 4.74 Å². The number of ether oxygens (including phenoxy) is 1. The van der Waals surface area contributed by atoms with Crippen molar-refractivity contribution in [3.63, 3.8) is 0 Å². The predicted octanol–water partition coefficient (Wildman–Crippen LogP) is 2.49. The number of urea groups is 1. The quantitative estimate of drug-likeness (QED) is 0.687. The number of anilines is 3. The van der Waals surface area contributed by atoms with Gasteiger partial charge in [0, 0.05) is 44.7 Å². The standard InChI is InChI=1S/C21H25FN6O4S/c1-14(29)24-12-16-13-28(21(31)32-16)15-3-4-18(17(22)11-15)26-6-2-7-27(9-8-26)20(30)25-19-23-5-10-33-19/h3-5,10-11,16H,2,6-9,12-13H2,1H3,(H,24,29)(H,23,25,30)/t16-/m0/s1. The lowest BCUT2D eigenvalue weighted by molar-refractivity contribution is -0.119. The number of amides is 4. The summed E-state index contributed by atoms with van der Waals surface area (Å²) in [5.74, 6) is -0.664. The molecule has 3 heterocycles. The van der Waals surface area contributed by atoms with Crippen LogP contribution < -0.4 is 20.4 Å². The Morgan fingerprint density at radius 2 is 2.12 bits per heavy atom. The maximum Gasteiger partial charge on any atom is 0.414 e. The lowest BCUT2D eigenvalue weighted by atomic mass is 10.2. The molecule has 4 amide bonds. The number of nitrogens with one attached hydrogen (secondary N) is 2. The van der Waals surface area contributed by atoms with E-state index in [1.165, 1.54) is 29.2 Å². The number of hydrogen-bond donors (Lipinski definition) is 2. The Hall–Kier alpha value is -3.41. The van der Waals surface area contributed by atoms with Crippen molar-refractivity contribution in [1.82, 2.24) is 15.2 Å². The third-order valence-electron chi connectivity index (χ3n) is 5.47. The molecule has 0 saturated carbocycles. The summed E-state index contributed by atoms with van der Waals surface area (Å²) in [4.78, 5) is 44.8. The molecule has 0 unspecified atom stereocenters. The molecule has 0 radical (unpaired) electrons. The van der Waals surface area contributed by atoms with Gasteiger partial charge >= 0.3 is 12.1 Å². The van der Waals surface area contributed by atoms with Crippen LogP contribution in [-0.2, 0) is 9.53 Å². The molecule has 1 atom stereocenters. The normalized spacial score (nSPS) is 18.7. The molecule has 1 aromatic carbocycles. The summed E-state index contributed by atoms with van der Waals surface area (Å²) >= 11 is 1.35. The van der Waals surface area contributed by atoms with Gasteiger partial charge in [-0.15, -0.1) is 11.3 Å². The second kappa shape index (κ2) is 10.0. The number of halogens is 1. The zero-order chi connectivity index (χ0) is 23.4. The number of carbonyl (C=O) groups excluding carboxylic acids is 3. The van der Waals surface area contributed by atoms with Gasteiger partial charge in [0.05, 0.1) is 24.5 Å². The van der Waals surface area contributed by atoms with Crippen molar-refractivity contribution in [2.75, 3.05) is 54.4 Å². The van der Waals surface area contributed by atoms with Crippen LogP contribution in [0.15, 0.2) is 29.8 Å². The molecule has 2 aliphatic heterocycles. The zero-order valence-electron chi connectivity index (χ0n) is 18.1. The average molecular weight is 477 g/mol. The Labute approximate surface area is 194 Å². The molecule has 2 fully saturated rings. The van der Waals surface area contributed by atoms with Gasteiger partial charge in [-0.25, -0.2) is 19.0 Å². The SMILES string of the molecule is CC(=O)NC[C@H]1CN(c2ccc(N3CCCN(C(=O)Nc4nccs4)CC3)c(F)c2)C(=O)O1. The van der Waals surface area contributed by atoms with Crippen molar-refractivity contribution in [2.45, 2.75) is 19.4 Å². The first-order valence-electron chi connectivity index (χ1n) is 10.6. The van der Waals surface area contributed by atoms with Gasteiger partial charge in [0.15, 0.2) is 5.13 Å². The molecule has 0 aliphatic carbocycles. The van der Waals surface area contributed by atoms with E-state index in [9.17, 15) is 14.4 Å². The fourth-order valence-corrected chi connectivity index (χ4v) is 4.35. The molecule has 12 heteroatoms. The lowest BCUT2D eigenvalue weighted by Crippen LogP contribution is -2.38. The van der Waals surface area contributed by atoms with Crippen LogP contribution in [0.5, 0.6) is 0 Å². The Morgan fingerprint density at radius 3 is 2.85 bits per heavy atom. The number of hydrogen-bond acceptors (Lipinski definition) is 7. The highest BCUT2D eigenvalue weighted by Gasteiger charge is 2.33. The number of thiazole rings is 1. The molecule has 10 nitrogen and oxygen atoms in total. The highest BCUT2D eigenvalue weighted by molar-refractivity contribution is 7.13. The summed E-state index contributed by atoms with van der Waals surface area (Å²) in [6.45, 7) is 3.90. The average Bonchev–Trinajstić information content (AvgIpc) is 3.35. The first kappa shape index (κ1) is 22.8. The molecule has 2 aromatic rings. The number of rotatable bonds is 5. The second-order valence-electron chi connectivity index (χ2n) is 7.78. The smallest absolute Gasteiger partial charge is 0.414 e. The minimum atomic E-state index is -0.575. The van der Waals surface area contributed by atoms with E-state index in [0.29, 0.717) is 49.1 Å². The van der Waals surface area contributed by atoms with Gasteiger partial charge in [0.2, 0.25) is 5.91 Å². The summed E-state index contributed by atoms with van der Waals surface area (Å²) in [5, 5.41) is 7.72. The third-order valence-corrected chi connectivity index (χ3v) is 6.15. The van der Waals surface area contributed by atoms with E-state index in [-0.39, 0.29) is 25.0 Å². The summed E-state index contributed by atoms with van der Waals surface area (Å²) < 4.78 is 20.3. The van der Waals surface area contributed by atoms with Crippen LogP contribution in [0.25, 0.3) is 0 Å². The minimum Gasteiger partial charge on any atom is -0.442 e. The molecule has 2 saturated heterocycles. The molecular weight excluding hydrogens is 451 g/mol. The molecule has 2 N–H and O–H groups in total. The number of cyclic esters (lactones) is 1. The van der Waals surface area contributed by atoms with Crippen LogP contribution in [0.3, 0.4) is 0 Å². The third kappa shape index (κ3) is 5.51. The van der Waals surface area contributed by atoms with Crippen molar-refractivity contribution >= 4 is 45.9 Å². The number of aromatic nitrogens is 1. The highest BCUT2D eigenvalue weighted by Crippen LogP contribution is 2.28. The van der Waals surface area contributed by atoms with E-state index >= 15 is 4.39 Å². The number of carbonyl (C=O) groups is 3. The molecule has 33 heavy (non-hydrogen) atoms. The Morgan fingerprint density at radius 1 is 1.27 bits per heavy atom. The largest absolute Gasteiger partial charge is 0.442 e. The number of nitrogens with zero attached hydrogens (tertiary/aromatic N) is 4. The molecule has 176 valence electrons. The van der Waals surface area contributed by atoms with Crippen molar-refractivity contribution in [3.05, 3.63) is 35.6 Å². The van der Waals surface area contributed by atoms with Crippen LogP contribution in [0.2, 0.25) is 0 Å². The van der Waals surface area contributed by atoms with Gasteiger partial charge < -0.3 is 19.9 Å². The summed E-state index contributed by atoms with van der Waals surface area (Å²) in [6, 6.07) is 4.42. The zero-order valence-corrected chi connectivity index (χ0v) is 18.9. The molecule has 2 aliphatic rings. The fourth-order valence-electron chi connectivity index (χ4n) is 3.83. The Balaban J connectivity index is 1.37. The van der Waals surface area contributed by atoms with Crippen molar-refractivity contribution in [1.29, 1.82) is 0 Å². The Bertz CT molecular complexity index is 1020. The first-order chi connectivity index (χ1) is 15.9. The van der Waals surface area contributed by atoms with Crippen LogP contribution in [0.1, 0.15) is 13.3 Å². The maximum atomic E-state index is 15.0. The van der Waals surface area contributed by atoms with Crippen molar-refractivity contribution in [3.8, 4) is 0 Å². The summed E-state index contributed by atoms with van der Waals surface area (Å²) in [6.07, 6.45) is 1.25. The van der Waals surface area contributed by atoms with E-state index in [0.717, 1.165) is 0 Å². The highest BCUT2D eigenvalue weighted by atomic mass is 32.1. The minimum absolute atomic E-state index is 0.207. The van der Waals surface area contributed by atoms with Gasteiger partial charge in [-0.2, -0.15) is 0 Å². The fraction of sp³-hybridized carbons (Fsp3) is 0.429. The van der Waals surface area contributed by atoms with Crippen LogP contribution in [0.4, 0.5) is 30.5 Å². The predicted molar refractivity (Wildman–Crippen MR) is 122 cm³/mol. The molecule has 1 aromatic heterocycles. The molecular formula is C21H25FN6O4S. The first-order valence-corrected chi connectivity index (χ1v) is 11.5. The second-order valence-corrected chi connectivity index (χ2v) is 8.68. The van der Waals surface area contributed by atoms with Crippen molar-refractivity contribution in [2.24, 2.45) is 0 Å². The molecule has 4 rings (SSSR count). The van der Waals surface area contributed by atoms with Crippen molar-refractivity contribution < 1.29 is 23.5 Å². The molecule has 0 spiro atoms. The Kier molecular flexibility index (Phi) is 6.92. The molecule has 0 bridgehead atoms. The van der Waals surface area contributed by atoms with Gasteiger partial charge in [-0.05, 0) is 24.6 Å². The van der Waals surface area contributed by atoms with E-state index in [1.54, 1.807) is 28.6 Å². The number of benzene rings is 1. The van der Waals surface area contributed by atoms with Crippen LogP contribution >= 0.6 is 11.3 Å². The van der Waals surface area contributed by atoms with E-state index in [2.05, 4.69) is 15.6 Å². The monoisotopic (exact) mass is 476 g/mol. The summed E-state index contributed by atoms with van der Waals surface area (Å²) in [5.41, 5.74) is 0.814. The van der Waals surface area contributed by atoms with E-state index in [1.807, 2.05) is 4.90 Å². The topological polar surface area (TPSA) is 107 Å². The lowest BCUT2D eigenvalue weighted by Gasteiger charge is -2.25. The summed E-state index contributed by atoms with van der Waals surface area (Å²) in [7, 11) is 0. The van der Waals surface area contributed by atoms with Crippen LogP contribution in [0, 0.1) is 5.82 Å². The van der Waals surface area contributed by atoms with Gasteiger partial charge in [-0.3, -0.25) is 15.0 Å². The van der Waals surface area contributed by atoms with E-state index < -0.39 is 18.0 Å². The van der Waals surface area contributed by atoms with Gasteiger partial charge in [0.25, 0.3) is 0 Å². The van der Waals surface area contributed by atoms with Crippen LogP contribution in [-0.4, -0.2) is 73.3 Å². The van der Waals surface area contributed by atoms with Gasteiger partial charge in [-0.1, -0.05) is 0 Å². The van der Waals surface area contributed by atoms with Gasteiger partial charge in [0.1, 0.15) is 11.9 Å².